The highest BCUT2D eigenvalue weighted by Gasteiger charge is 2.55. The first-order valence-corrected chi connectivity index (χ1v) is 34.1. The molecular formula is C88H76N8O. The first-order chi connectivity index (χ1) is 47.2. The van der Waals surface area contributed by atoms with Gasteiger partial charge in [-0.05, 0) is 157 Å². The maximum absolute atomic E-state index is 6.31. The molecule has 0 amide bonds. The molecule has 9 heteroatoms. The van der Waals surface area contributed by atoms with Gasteiger partial charge in [0.05, 0.1) is 72.0 Å². The van der Waals surface area contributed by atoms with E-state index in [0.29, 0.717) is 0 Å². The Morgan fingerprint density at radius 1 is 0.278 bits per heavy atom. The average molecular weight is 1260 g/mol. The third-order valence-corrected chi connectivity index (χ3v) is 21.8. The third-order valence-electron chi connectivity index (χ3n) is 21.8. The summed E-state index contributed by atoms with van der Waals surface area (Å²) in [6.45, 7) is 22.7. The summed E-state index contributed by atoms with van der Waals surface area (Å²) in [4.78, 5) is 15.8. The van der Waals surface area contributed by atoms with E-state index in [1.165, 1.54) is 66.0 Å². The largest absolute Gasteiger partial charge is 0.456 e. The number of anilines is 4. The lowest BCUT2D eigenvalue weighted by Gasteiger charge is -2.41. The van der Waals surface area contributed by atoms with Gasteiger partial charge >= 0.3 is 0 Å². The molecule has 0 unspecified atom stereocenters. The predicted molar refractivity (Wildman–Crippen MR) is 407 cm³/mol. The lowest BCUT2D eigenvalue weighted by molar-refractivity contribution is 0.253. The van der Waals surface area contributed by atoms with Crippen LogP contribution >= 0.6 is 0 Å². The summed E-state index contributed by atoms with van der Waals surface area (Å²) >= 11 is 0. The molecule has 0 fully saturated rings. The van der Waals surface area contributed by atoms with E-state index in [0.717, 1.165) is 89.6 Å². The topological polar surface area (TPSA) is 65.1 Å². The Bertz CT molecular complexity index is 5940. The Labute approximate surface area is 565 Å². The maximum Gasteiger partial charge on any atom is 0.212 e. The molecule has 2 aliphatic heterocycles. The Morgan fingerprint density at radius 2 is 0.660 bits per heavy atom. The van der Waals surface area contributed by atoms with Gasteiger partial charge in [0.15, 0.2) is 0 Å². The highest BCUT2D eigenvalue weighted by Crippen LogP contribution is 2.55. The summed E-state index contributed by atoms with van der Waals surface area (Å²) in [5.74, 6) is 1.96. The van der Waals surface area contributed by atoms with Crippen molar-refractivity contribution in [3.05, 3.63) is 279 Å². The van der Waals surface area contributed by atoms with Gasteiger partial charge in [-0.3, -0.25) is 0 Å². The summed E-state index contributed by atoms with van der Waals surface area (Å²) in [6.07, 6.45) is 0. The molecule has 12 aromatic carbocycles. The fraction of sp³-hybridized carbons (Fsp3) is 0.159. The van der Waals surface area contributed by atoms with E-state index in [1.54, 1.807) is 0 Å². The van der Waals surface area contributed by atoms with Crippen molar-refractivity contribution in [1.29, 1.82) is 0 Å². The smallest absolute Gasteiger partial charge is 0.212 e. The van der Waals surface area contributed by atoms with Crippen LogP contribution in [0.4, 0.5) is 23.3 Å². The zero-order valence-electron chi connectivity index (χ0n) is 56.5. The lowest BCUT2D eigenvalue weighted by Crippen LogP contribution is -2.50. The normalized spacial score (nSPS) is 15.0. The number of benzene rings is 12. The minimum Gasteiger partial charge on any atom is -0.456 e. The van der Waals surface area contributed by atoms with Crippen molar-refractivity contribution in [2.45, 2.75) is 91.4 Å². The molecule has 0 atom stereocenters. The van der Waals surface area contributed by atoms with Crippen LogP contribution in [0.3, 0.4) is 0 Å². The van der Waals surface area contributed by atoms with Crippen molar-refractivity contribution in [2.75, 3.05) is 9.80 Å². The fourth-order valence-corrected chi connectivity index (χ4v) is 15.9. The fourth-order valence-electron chi connectivity index (χ4n) is 15.9. The second-order valence-corrected chi connectivity index (χ2v) is 27.7. The second-order valence-electron chi connectivity index (χ2n) is 27.7. The van der Waals surface area contributed by atoms with Gasteiger partial charge in [-0.15, -0.1) is 0 Å². The molecule has 97 heavy (non-hydrogen) atoms. The number of imidazole rings is 2. The number of furan rings is 1. The van der Waals surface area contributed by atoms with Gasteiger partial charge in [0.1, 0.15) is 11.2 Å². The molecule has 0 saturated carbocycles. The molecule has 0 spiro atoms. The van der Waals surface area contributed by atoms with Crippen LogP contribution in [-0.2, 0) is 11.1 Å². The van der Waals surface area contributed by atoms with Crippen molar-refractivity contribution in [1.82, 2.24) is 28.2 Å². The van der Waals surface area contributed by atoms with Crippen LogP contribution < -0.4 is 9.80 Å². The lowest BCUT2D eigenvalue weighted by atomic mass is 9.82. The molecule has 2 aliphatic rings. The third kappa shape index (κ3) is 8.69. The van der Waals surface area contributed by atoms with E-state index >= 15 is 0 Å². The van der Waals surface area contributed by atoms with E-state index in [-0.39, 0.29) is 22.2 Å². The SMILES string of the molecule is CC.CC1(C)N(c2ccc3c(c2)c2ccccc2n3-c2ccc3c(c2)oc2ccccc23)c2nc3c(-c4ccccc4)cccc3n2C1(C)C.CC1(C)N(c2ccc3c(c2)c2ccccc2n3-c2ccccc2-c2ccccc2)c2nc3c(-c4ccccc4)cccc3n2C1(C)C. The number of rotatable bonds is 7. The van der Waals surface area contributed by atoms with E-state index < -0.39 is 0 Å². The zero-order valence-corrected chi connectivity index (χ0v) is 56.5. The van der Waals surface area contributed by atoms with E-state index in [1.807, 2.05) is 26.0 Å². The van der Waals surface area contributed by atoms with Crippen molar-refractivity contribution < 1.29 is 4.42 Å². The van der Waals surface area contributed by atoms with Gasteiger partial charge in [-0.25, -0.2) is 9.97 Å². The molecule has 0 N–H and O–H groups in total. The predicted octanol–water partition coefficient (Wildman–Crippen LogP) is 23.5. The second kappa shape index (κ2) is 22.1. The molecule has 17 aromatic rings. The van der Waals surface area contributed by atoms with E-state index in [9.17, 15) is 0 Å². The Balaban J connectivity index is 0.000000143. The minimum atomic E-state index is -0.259. The van der Waals surface area contributed by atoms with Crippen molar-refractivity contribution in [3.8, 4) is 44.8 Å². The quantitative estimate of drug-likeness (QED) is 0.159. The number of hydrogen-bond acceptors (Lipinski definition) is 5. The van der Waals surface area contributed by atoms with Crippen molar-refractivity contribution in [2.24, 2.45) is 0 Å². The molecule has 0 aliphatic carbocycles. The standard InChI is InChI=1S/C43H34N4O.C43H36N4.C2H6/c1-42(2)43(3,4)47-37-19-12-17-30(27-13-6-5-7-14-27)40(37)44-41(47)46(42)29-22-24-36-34(25-29)31-15-8-10-18-35(31)45(36)28-21-23-33-32-16-9-11-20-38(32)48-39(33)26-28;1-42(2)43(3,4)47-39-25-15-22-33(30-18-9-6-10-19-30)40(39)44-41(47)46(42)31-26-27-38-35(28-31)34-21-12-14-24-37(34)45(38)36-23-13-11-20-32(36)29-16-7-5-8-17-29;1-2/h5-26H,1-4H3;5-28H,1-4H3;1-2H3. The molecule has 0 bridgehead atoms. The van der Waals surface area contributed by atoms with Crippen LogP contribution in [0, 0.1) is 0 Å². The monoisotopic (exact) mass is 1260 g/mol. The van der Waals surface area contributed by atoms with Gasteiger partial charge in [-0.2, -0.15) is 0 Å². The molecule has 19 rings (SSSR count). The molecule has 9 nitrogen and oxygen atoms in total. The molecule has 474 valence electrons. The molecule has 0 saturated heterocycles. The highest BCUT2D eigenvalue weighted by molar-refractivity contribution is 6.13. The molecule has 0 radical (unpaired) electrons. The van der Waals surface area contributed by atoms with Gasteiger partial charge < -0.3 is 32.5 Å². The zero-order chi connectivity index (χ0) is 66.3. The van der Waals surface area contributed by atoms with Gasteiger partial charge in [0, 0.05) is 72.1 Å². The molecule has 7 heterocycles. The number of fused-ring (bicyclic) bond motifs is 15. The number of aromatic nitrogens is 6. The number of para-hydroxylation sites is 6. The first-order valence-electron chi connectivity index (χ1n) is 34.1. The maximum atomic E-state index is 6.31. The van der Waals surface area contributed by atoms with Crippen molar-refractivity contribution in [3.63, 3.8) is 0 Å². The van der Waals surface area contributed by atoms with Crippen LogP contribution in [0.5, 0.6) is 0 Å². The Morgan fingerprint density at radius 3 is 1.19 bits per heavy atom. The van der Waals surface area contributed by atoms with Gasteiger partial charge in [-0.1, -0.05) is 202 Å². The molecule has 5 aromatic heterocycles. The van der Waals surface area contributed by atoms with E-state index in [4.69, 9.17) is 14.4 Å². The Hall–Kier alpha value is -11.4. The van der Waals surface area contributed by atoms with Crippen LogP contribution in [0.25, 0.3) is 132 Å². The van der Waals surface area contributed by atoms with Crippen LogP contribution in [0.15, 0.2) is 283 Å². The first kappa shape index (κ1) is 59.3. The molecular weight excluding hydrogens is 1190 g/mol. The van der Waals surface area contributed by atoms with Crippen LogP contribution in [-0.4, -0.2) is 39.3 Å². The summed E-state index contributed by atoms with van der Waals surface area (Å²) in [6, 6.07) is 99.9. The Kier molecular flexibility index (Phi) is 13.5. The van der Waals surface area contributed by atoms with Crippen LogP contribution in [0.2, 0.25) is 0 Å². The summed E-state index contributed by atoms with van der Waals surface area (Å²) in [5.41, 5.74) is 21.6. The van der Waals surface area contributed by atoms with Gasteiger partial charge in [0.2, 0.25) is 11.9 Å². The highest BCUT2D eigenvalue weighted by atomic mass is 16.3. The summed E-state index contributed by atoms with van der Waals surface area (Å²) in [7, 11) is 0. The number of hydrogen-bond donors (Lipinski definition) is 0. The number of nitrogens with zero attached hydrogens (tertiary/aromatic N) is 8. The average Bonchev–Trinajstić information content (AvgIpc) is 1.58. The van der Waals surface area contributed by atoms with Crippen molar-refractivity contribution >= 4 is 111 Å². The summed E-state index contributed by atoms with van der Waals surface area (Å²) in [5, 5.41) is 7.17. The summed E-state index contributed by atoms with van der Waals surface area (Å²) < 4.78 is 16.0. The van der Waals surface area contributed by atoms with Gasteiger partial charge in [0.25, 0.3) is 0 Å². The van der Waals surface area contributed by atoms with E-state index in [2.05, 4.69) is 350 Å². The van der Waals surface area contributed by atoms with Crippen LogP contribution in [0.1, 0.15) is 69.2 Å². The minimum absolute atomic E-state index is 0.232.